The number of hydrogen-bond acceptors (Lipinski definition) is 2. The van der Waals surface area contributed by atoms with Crippen molar-refractivity contribution in [2.75, 3.05) is 7.11 Å². The Hall–Kier alpha value is -1.87. The van der Waals surface area contributed by atoms with Crippen molar-refractivity contribution in [2.45, 2.75) is 12.5 Å². The molecule has 0 saturated heterocycles. The van der Waals surface area contributed by atoms with E-state index in [1.54, 1.807) is 13.2 Å². The highest BCUT2D eigenvalue weighted by molar-refractivity contribution is 5.40. The third-order valence-corrected chi connectivity index (χ3v) is 3.09. The van der Waals surface area contributed by atoms with Gasteiger partial charge in [-0.1, -0.05) is 24.3 Å². The molecule has 94 valence electrons. The van der Waals surface area contributed by atoms with Crippen molar-refractivity contribution in [1.29, 1.82) is 0 Å². The fourth-order valence-electron chi connectivity index (χ4n) is 1.92. The Morgan fingerprint density at radius 1 is 1.06 bits per heavy atom. The standard InChI is InChI=1S/C15H16FNO/c1-15(17,11-5-3-7-13(16)9-11)12-6-4-8-14(10-12)18-2/h3-10H,17H2,1-2H3. The normalized spacial score (nSPS) is 14.0. The van der Waals surface area contributed by atoms with Gasteiger partial charge in [-0.2, -0.15) is 0 Å². The van der Waals surface area contributed by atoms with Gasteiger partial charge in [-0.3, -0.25) is 0 Å². The van der Waals surface area contributed by atoms with Crippen LogP contribution in [0.3, 0.4) is 0 Å². The Morgan fingerprint density at radius 3 is 2.28 bits per heavy atom. The Kier molecular flexibility index (Phi) is 3.34. The fraction of sp³-hybridized carbons (Fsp3) is 0.200. The quantitative estimate of drug-likeness (QED) is 0.902. The van der Waals surface area contributed by atoms with Crippen LogP contribution in [0.2, 0.25) is 0 Å². The third-order valence-electron chi connectivity index (χ3n) is 3.09. The fourth-order valence-corrected chi connectivity index (χ4v) is 1.92. The van der Waals surface area contributed by atoms with E-state index in [4.69, 9.17) is 10.5 Å². The molecular formula is C15H16FNO. The van der Waals surface area contributed by atoms with Crippen molar-refractivity contribution in [1.82, 2.24) is 0 Å². The van der Waals surface area contributed by atoms with Crippen molar-refractivity contribution >= 4 is 0 Å². The van der Waals surface area contributed by atoms with Crippen molar-refractivity contribution in [2.24, 2.45) is 5.73 Å². The number of hydrogen-bond donors (Lipinski definition) is 1. The van der Waals surface area contributed by atoms with Crippen LogP contribution in [-0.4, -0.2) is 7.11 Å². The van der Waals surface area contributed by atoms with E-state index in [9.17, 15) is 4.39 Å². The molecule has 0 amide bonds. The maximum Gasteiger partial charge on any atom is 0.123 e. The molecule has 0 aliphatic heterocycles. The van der Waals surface area contributed by atoms with Crippen LogP contribution in [-0.2, 0) is 5.54 Å². The smallest absolute Gasteiger partial charge is 0.123 e. The van der Waals surface area contributed by atoms with E-state index in [0.717, 1.165) is 16.9 Å². The molecule has 0 saturated carbocycles. The van der Waals surface area contributed by atoms with Crippen LogP contribution in [0.1, 0.15) is 18.1 Å². The molecule has 1 atom stereocenters. The Labute approximate surface area is 106 Å². The predicted octanol–water partition coefficient (Wildman–Crippen LogP) is 3.06. The van der Waals surface area contributed by atoms with E-state index in [1.165, 1.54) is 12.1 Å². The number of rotatable bonds is 3. The van der Waals surface area contributed by atoms with Crippen LogP contribution in [0.25, 0.3) is 0 Å². The Bertz CT molecular complexity index is 552. The minimum absolute atomic E-state index is 0.285. The second kappa shape index (κ2) is 4.78. The van der Waals surface area contributed by atoms with Crippen LogP contribution in [0, 0.1) is 5.82 Å². The van der Waals surface area contributed by atoms with Gasteiger partial charge in [-0.25, -0.2) is 4.39 Å². The molecule has 18 heavy (non-hydrogen) atoms. The van der Waals surface area contributed by atoms with E-state index >= 15 is 0 Å². The van der Waals surface area contributed by atoms with E-state index < -0.39 is 5.54 Å². The minimum Gasteiger partial charge on any atom is -0.497 e. The van der Waals surface area contributed by atoms with Gasteiger partial charge in [-0.05, 0) is 42.3 Å². The van der Waals surface area contributed by atoms with Gasteiger partial charge in [0.2, 0.25) is 0 Å². The zero-order chi connectivity index (χ0) is 13.2. The molecular weight excluding hydrogens is 229 g/mol. The molecule has 0 aromatic heterocycles. The van der Waals surface area contributed by atoms with Crippen LogP contribution < -0.4 is 10.5 Å². The van der Waals surface area contributed by atoms with Crippen LogP contribution in [0.15, 0.2) is 48.5 Å². The van der Waals surface area contributed by atoms with Crippen molar-refractivity contribution in [3.63, 3.8) is 0 Å². The maximum atomic E-state index is 13.3. The molecule has 1 unspecified atom stereocenters. The summed E-state index contributed by atoms with van der Waals surface area (Å²) in [7, 11) is 1.61. The van der Waals surface area contributed by atoms with Crippen LogP contribution >= 0.6 is 0 Å². The molecule has 0 aliphatic carbocycles. The Balaban J connectivity index is 2.46. The lowest BCUT2D eigenvalue weighted by atomic mass is 9.85. The Morgan fingerprint density at radius 2 is 1.67 bits per heavy atom. The molecule has 0 radical (unpaired) electrons. The van der Waals surface area contributed by atoms with Gasteiger partial charge in [0, 0.05) is 0 Å². The summed E-state index contributed by atoms with van der Waals surface area (Å²) in [5, 5.41) is 0. The molecule has 0 aliphatic rings. The SMILES string of the molecule is COc1cccc(C(C)(N)c2cccc(F)c2)c1. The predicted molar refractivity (Wildman–Crippen MR) is 70.0 cm³/mol. The molecule has 2 aromatic carbocycles. The maximum absolute atomic E-state index is 13.3. The molecule has 2 rings (SSSR count). The average molecular weight is 245 g/mol. The van der Waals surface area contributed by atoms with Crippen LogP contribution in [0.4, 0.5) is 4.39 Å². The van der Waals surface area contributed by atoms with Gasteiger partial charge in [0.25, 0.3) is 0 Å². The van der Waals surface area contributed by atoms with E-state index in [-0.39, 0.29) is 5.82 Å². The summed E-state index contributed by atoms with van der Waals surface area (Å²) < 4.78 is 18.5. The summed E-state index contributed by atoms with van der Waals surface area (Å²) in [6, 6.07) is 13.9. The van der Waals surface area contributed by atoms with E-state index in [0.29, 0.717) is 0 Å². The third kappa shape index (κ3) is 2.36. The molecule has 3 heteroatoms. The number of benzene rings is 2. The van der Waals surface area contributed by atoms with Gasteiger partial charge < -0.3 is 10.5 Å². The molecule has 2 N–H and O–H groups in total. The van der Waals surface area contributed by atoms with Crippen molar-refractivity contribution in [3.05, 3.63) is 65.5 Å². The highest BCUT2D eigenvalue weighted by Gasteiger charge is 2.24. The highest BCUT2D eigenvalue weighted by atomic mass is 19.1. The molecule has 0 bridgehead atoms. The summed E-state index contributed by atoms with van der Waals surface area (Å²) in [5.41, 5.74) is 7.19. The first-order chi connectivity index (χ1) is 8.54. The van der Waals surface area contributed by atoms with Gasteiger partial charge >= 0.3 is 0 Å². The molecule has 0 spiro atoms. The minimum atomic E-state index is -0.753. The van der Waals surface area contributed by atoms with E-state index in [2.05, 4.69) is 0 Å². The largest absolute Gasteiger partial charge is 0.497 e. The first-order valence-electron chi connectivity index (χ1n) is 5.73. The highest BCUT2D eigenvalue weighted by Crippen LogP contribution is 2.29. The van der Waals surface area contributed by atoms with Gasteiger partial charge in [0.1, 0.15) is 11.6 Å². The second-order valence-electron chi connectivity index (χ2n) is 4.44. The summed E-state index contributed by atoms with van der Waals surface area (Å²) in [4.78, 5) is 0. The molecule has 0 heterocycles. The molecule has 2 aromatic rings. The van der Waals surface area contributed by atoms with E-state index in [1.807, 2.05) is 37.3 Å². The first kappa shape index (κ1) is 12.6. The summed E-state index contributed by atoms with van der Waals surface area (Å²) in [5.74, 6) is 0.452. The lowest BCUT2D eigenvalue weighted by Gasteiger charge is -2.26. The molecule has 2 nitrogen and oxygen atoms in total. The number of halogens is 1. The molecule has 0 fully saturated rings. The zero-order valence-corrected chi connectivity index (χ0v) is 10.5. The summed E-state index contributed by atoms with van der Waals surface area (Å²) in [6.07, 6.45) is 0. The van der Waals surface area contributed by atoms with Crippen molar-refractivity contribution in [3.8, 4) is 5.75 Å². The van der Waals surface area contributed by atoms with Gasteiger partial charge in [0.15, 0.2) is 0 Å². The lowest BCUT2D eigenvalue weighted by molar-refractivity contribution is 0.413. The monoisotopic (exact) mass is 245 g/mol. The number of nitrogens with two attached hydrogens (primary N) is 1. The topological polar surface area (TPSA) is 35.2 Å². The lowest BCUT2D eigenvalue weighted by Crippen LogP contribution is -2.34. The average Bonchev–Trinajstić information content (AvgIpc) is 2.39. The summed E-state index contributed by atoms with van der Waals surface area (Å²) in [6.45, 7) is 1.86. The number of ether oxygens (including phenoxy) is 1. The second-order valence-corrected chi connectivity index (χ2v) is 4.44. The van der Waals surface area contributed by atoms with Crippen molar-refractivity contribution < 1.29 is 9.13 Å². The van der Waals surface area contributed by atoms with Gasteiger partial charge in [-0.15, -0.1) is 0 Å². The van der Waals surface area contributed by atoms with Gasteiger partial charge in [0.05, 0.1) is 12.6 Å². The zero-order valence-electron chi connectivity index (χ0n) is 10.5. The first-order valence-corrected chi connectivity index (χ1v) is 5.73. The van der Waals surface area contributed by atoms with Crippen LogP contribution in [0.5, 0.6) is 5.75 Å². The number of methoxy groups -OCH3 is 1. The summed E-state index contributed by atoms with van der Waals surface area (Å²) >= 11 is 0.